The van der Waals surface area contributed by atoms with Crippen molar-refractivity contribution in [2.75, 3.05) is 4.43 Å². The number of aromatic hydroxyl groups is 2. The van der Waals surface area contributed by atoms with Crippen LogP contribution < -0.4 is 0 Å². The summed E-state index contributed by atoms with van der Waals surface area (Å²) in [5.74, 6) is -0.461. The summed E-state index contributed by atoms with van der Waals surface area (Å²) in [6.07, 6.45) is 0. The van der Waals surface area contributed by atoms with Crippen molar-refractivity contribution in [2.24, 2.45) is 0 Å². The molecule has 0 aromatic heterocycles. The predicted octanol–water partition coefficient (Wildman–Crippen LogP) is 2.02. The molecule has 70 valence electrons. The van der Waals surface area contributed by atoms with E-state index in [0.717, 1.165) is 0 Å². The minimum Gasteiger partial charge on any atom is -0.504 e. The summed E-state index contributed by atoms with van der Waals surface area (Å²) in [6.45, 7) is 1.64. The largest absolute Gasteiger partial charge is 0.504 e. The molecule has 1 aromatic rings. The number of ketones is 1. The second-order valence-corrected chi connectivity index (χ2v) is 3.48. The van der Waals surface area contributed by atoms with E-state index in [-0.39, 0.29) is 17.3 Å². The third-order valence-electron chi connectivity index (χ3n) is 1.72. The summed E-state index contributed by atoms with van der Waals surface area (Å²) in [4.78, 5) is 11.2. The van der Waals surface area contributed by atoms with Gasteiger partial charge in [0.25, 0.3) is 0 Å². The highest BCUT2D eigenvalue weighted by Crippen LogP contribution is 2.29. The van der Waals surface area contributed by atoms with Gasteiger partial charge >= 0.3 is 0 Å². The molecule has 0 spiro atoms. The molecular weight excluding hydrogens is 283 g/mol. The van der Waals surface area contributed by atoms with Crippen LogP contribution in [-0.2, 0) is 0 Å². The van der Waals surface area contributed by atoms with Gasteiger partial charge < -0.3 is 10.2 Å². The average molecular weight is 292 g/mol. The maximum absolute atomic E-state index is 11.2. The molecule has 0 aliphatic rings. The smallest absolute Gasteiger partial charge is 0.172 e. The number of carbonyl (C=O) groups is 1. The summed E-state index contributed by atoms with van der Waals surface area (Å²) < 4.78 is 0.363. The van der Waals surface area contributed by atoms with Crippen molar-refractivity contribution in [3.8, 4) is 11.5 Å². The molecule has 4 heteroatoms. The van der Waals surface area contributed by atoms with Gasteiger partial charge in [-0.3, -0.25) is 4.79 Å². The molecule has 0 heterocycles. The Hall–Kier alpha value is -0.780. The van der Waals surface area contributed by atoms with Gasteiger partial charge in [-0.15, -0.1) is 0 Å². The highest BCUT2D eigenvalue weighted by atomic mass is 127. The van der Waals surface area contributed by atoms with Crippen LogP contribution in [0, 0.1) is 6.92 Å². The number of rotatable bonds is 2. The van der Waals surface area contributed by atoms with E-state index in [1.165, 1.54) is 6.07 Å². The third-order valence-corrected chi connectivity index (χ3v) is 2.42. The van der Waals surface area contributed by atoms with Crippen LogP contribution >= 0.6 is 22.6 Å². The Balaban J connectivity index is 3.20. The lowest BCUT2D eigenvalue weighted by molar-refractivity contribution is 0.102. The molecule has 1 rings (SSSR count). The Bertz CT molecular complexity index is 324. The van der Waals surface area contributed by atoms with Crippen LogP contribution in [0.4, 0.5) is 0 Å². The molecule has 0 saturated carbocycles. The summed E-state index contributed by atoms with van der Waals surface area (Å²) in [5.41, 5.74) is 0.940. The van der Waals surface area contributed by atoms with Gasteiger partial charge in [-0.1, -0.05) is 22.6 Å². The Morgan fingerprint density at radius 1 is 1.46 bits per heavy atom. The van der Waals surface area contributed by atoms with Crippen LogP contribution in [0.25, 0.3) is 0 Å². The van der Waals surface area contributed by atoms with Gasteiger partial charge in [0, 0.05) is 5.56 Å². The van der Waals surface area contributed by atoms with Crippen LogP contribution in [0.3, 0.4) is 0 Å². The molecule has 13 heavy (non-hydrogen) atoms. The molecule has 0 radical (unpaired) electrons. The number of halogens is 1. The minimum atomic E-state index is -0.242. The van der Waals surface area contributed by atoms with Gasteiger partial charge in [-0.2, -0.15) is 0 Å². The zero-order valence-electron chi connectivity index (χ0n) is 7.04. The van der Waals surface area contributed by atoms with E-state index in [9.17, 15) is 15.0 Å². The number of benzene rings is 1. The van der Waals surface area contributed by atoms with Crippen molar-refractivity contribution in [1.82, 2.24) is 0 Å². The molecule has 0 bridgehead atoms. The quantitative estimate of drug-likeness (QED) is 0.379. The number of hydrogen-bond donors (Lipinski definition) is 2. The first kappa shape index (κ1) is 10.3. The Kier molecular flexibility index (Phi) is 3.13. The second kappa shape index (κ2) is 3.95. The molecule has 2 N–H and O–H groups in total. The fourth-order valence-electron chi connectivity index (χ4n) is 0.999. The first-order valence-corrected chi connectivity index (χ1v) is 5.20. The molecule has 1 aromatic carbocycles. The number of carbonyl (C=O) groups excluding carboxylic acids is 1. The van der Waals surface area contributed by atoms with Crippen molar-refractivity contribution in [3.05, 3.63) is 23.3 Å². The lowest BCUT2D eigenvalue weighted by Gasteiger charge is -2.04. The molecule has 0 fully saturated rings. The van der Waals surface area contributed by atoms with Crippen LogP contribution in [0.15, 0.2) is 12.1 Å². The van der Waals surface area contributed by atoms with E-state index in [2.05, 4.69) is 0 Å². The topological polar surface area (TPSA) is 57.5 Å². The normalized spacial score (nSPS) is 10.0. The zero-order chi connectivity index (χ0) is 10.0. The van der Waals surface area contributed by atoms with E-state index in [4.69, 9.17) is 0 Å². The van der Waals surface area contributed by atoms with E-state index in [1.807, 2.05) is 22.6 Å². The number of aryl methyl sites for hydroxylation is 1. The number of phenols is 2. The van der Waals surface area contributed by atoms with Crippen molar-refractivity contribution < 1.29 is 15.0 Å². The average Bonchev–Trinajstić information content (AvgIpc) is 2.12. The van der Waals surface area contributed by atoms with Gasteiger partial charge in [0.2, 0.25) is 0 Å². The Morgan fingerprint density at radius 3 is 2.54 bits per heavy atom. The van der Waals surface area contributed by atoms with E-state index >= 15 is 0 Å². The number of Topliss-reactive ketones (excluding diaryl/α,β-unsaturated/α-hetero) is 1. The minimum absolute atomic E-state index is 0.0565. The fraction of sp³-hybridized carbons (Fsp3) is 0.222. The van der Waals surface area contributed by atoms with Crippen LogP contribution in [0.2, 0.25) is 0 Å². The van der Waals surface area contributed by atoms with Gasteiger partial charge in [0.05, 0.1) is 4.43 Å². The highest BCUT2D eigenvalue weighted by Gasteiger charge is 2.10. The van der Waals surface area contributed by atoms with Gasteiger partial charge in [0.15, 0.2) is 17.3 Å². The molecule has 0 unspecified atom stereocenters. The SMILES string of the molecule is Cc1cc(C(=O)CI)cc(O)c1O. The monoisotopic (exact) mass is 292 g/mol. The van der Waals surface area contributed by atoms with Gasteiger partial charge in [-0.05, 0) is 24.6 Å². The molecule has 0 aliphatic heterocycles. The van der Waals surface area contributed by atoms with Crippen molar-refractivity contribution >= 4 is 28.4 Å². The highest BCUT2D eigenvalue weighted by molar-refractivity contribution is 14.1. The standard InChI is InChI=1S/C9H9IO3/c1-5-2-6(8(12)4-10)3-7(11)9(5)13/h2-3,11,13H,4H2,1H3. The van der Waals surface area contributed by atoms with Crippen molar-refractivity contribution in [3.63, 3.8) is 0 Å². The third kappa shape index (κ3) is 2.12. The number of hydrogen-bond acceptors (Lipinski definition) is 3. The van der Waals surface area contributed by atoms with E-state index < -0.39 is 0 Å². The Morgan fingerprint density at radius 2 is 2.08 bits per heavy atom. The number of alkyl halides is 1. The van der Waals surface area contributed by atoms with Crippen molar-refractivity contribution in [1.29, 1.82) is 0 Å². The fourth-order valence-corrected chi connectivity index (χ4v) is 1.44. The molecule has 0 aliphatic carbocycles. The van der Waals surface area contributed by atoms with Gasteiger partial charge in [-0.25, -0.2) is 0 Å². The van der Waals surface area contributed by atoms with Crippen LogP contribution in [-0.4, -0.2) is 20.4 Å². The van der Waals surface area contributed by atoms with Crippen LogP contribution in [0.5, 0.6) is 11.5 Å². The molecule has 0 saturated heterocycles. The lowest BCUT2D eigenvalue weighted by atomic mass is 10.1. The maximum atomic E-state index is 11.2. The summed E-state index contributed by atoms with van der Waals surface area (Å²) in [5, 5.41) is 18.4. The number of phenolic OH excluding ortho intramolecular Hbond substituents is 2. The van der Waals surface area contributed by atoms with Crippen LogP contribution in [0.1, 0.15) is 15.9 Å². The lowest BCUT2D eigenvalue weighted by Crippen LogP contribution is -1.99. The zero-order valence-corrected chi connectivity index (χ0v) is 9.20. The molecule has 0 amide bonds. The van der Waals surface area contributed by atoms with Gasteiger partial charge in [0.1, 0.15) is 0 Å². The first-order valence-electron chi connectivity index (χ1n) is 3.68. The van der Waals surface area contributed by atoms with E-state index in [1.54, 1.807) is 13.0 Å². The van der Waals surface area contributed by atoms with E-state index in [0.29, 0.717) is 15.6 Å². The molecule has 3 nitrogen and oxygen atoms in total. The summed E-state index contributed by atoms with van der Waals surface area (Å²) in [6, 6.07) is 2.85. The first-order chi connectivity index (χ1) is 6.06. The maximum Gasteiger partial charge on any atom is 0.172 e. The predicted molar refractivity (Wildman–Crippen MR) is 57.7 cm³/mol. The summed E-state index contributed by atoms with van der Waals surface area (Å²) in [7, 11) is 0. The van der Waals surface area contributed by atoms with Crippen molar-refractivity contribution in [2.45, 2.75) is 6.92 Å². The Labute approximate surface area is 89.5 Å². The molecule has 0 atom stereocenters. The second-order valence-electron chi connectivity index (χ2n) is 2.72. The molecular formula is C9H9IO3. The summed E-state index contributed by atoms with van der Waals surface area (Å²) >= 11 is 1.96.